The van der Waals surface area contributed by atoms with Crippen LogP contribution in [-0.2, 0) is 0 Å². The molecule has 4 aromatic rings. The van der Waals surface area contributed by atoms with Crippen LogP contribution < -0.4 is 15.0 Å². The second kappa shape index (κ2) is 8.83. The van der Waals surface area contributed by atoms with E-state index in [1.54, 1.807) is 25.4 Å². The molecule has 0 amide bonds. The van der Waals surface area contributed by atoms with Gasteiger partial charge in [0.2, 0.25) is 0 Å². The van der Waals surface area contributed by atoms with Crippen molar-refractivity contribution in [1.82, 2.24) is 14.9 Å². The summed E-state index contributed by atoms with van der Waals surface area (Å²) in [5, 5.41) is 14.0. The van der Waals surface area contributed by atoms with Gasteiger partial charge in [-0.15, -0.1) is 0 Å². The van der Waals surface area contributed by atoms with Crippen molar-refractivity contribution in [3.63, 3.8) is 0 Å². The maximum absolute atomic E-state index is 9.84. The van der Waals surface area contributed by atoms with Gasteiger partial charge in [0.15, 0.2) is 5.11 Å². The van der Waals surface area contributed by atoms with Crippen LogP contribution in [0.4, 0.5) is 5.69 Å². The van der Waals surface area contributed by atoms with E-state index in [0.29, 0.717) is 5.11 Å². The Morgan fingerprint density at radius 1 is 0.971 bits per heavy atom. The molecule has 7 heteroatoms. The molecule has 1 aliphatic rings. The average molecular weight is 471 g/mol. The highest BCUT2D eigenvalue weighted by atomic mass is 32.1. The molecule has 34 heavy (non-hydrogen) atoms. The number of thiocarbonyl (C=S) groups is 1. The molecule has 0 bridgehead atoms. The average Bonchev–Trinajstić information content (AvgIpc) is 3.35. The SMILES string of the molecule is COc1ccc(-n2c(C)cc([C@@H]3[C@H](c4ccccn4)NC(=S)N3c3ccc(O)cc3)c2C)cc1. The third kappa shape index (κ3) is 3.78. The van der Waals surface area contributed by atoms with Crippen LogP contribution in [0.5, 0.6) is 11.5 Å². The summed E-state index contributed by atoms with van der Waals surface area (Å²) in [6.45, 7) is 4.25. The van der Waals surface area contributed by atoms with Gasteiger partial charge in [-0.3, -0.25) is 4.98 Å². The molecule has 2 atom stereocenters. The van der Waals surface area contributed by atoms with Crippen molar-refractivity contribution in [1.29, 1.82) is 0 Å². The van der Waals surface area contributed by atoms with Gasteiger partial charge in [0, 0.05) is 29.0 Å². The van der Waals surface area contributed by atoms with E-state index in [9.17, 15) is 5.11 Å². The van der Waals surface area contributed by atoms with Gasteiger partial charge >= 0.3 is 0 Å². The van der Waals surface area contributed by atoms with E-state index in [1.807, 2.05) is 42.5 Å². The number of phenolic OH excluding ortho intramolecular Hbond substituents is 1. The zero-order chi connectivity index (χ0) is 23.8. The number of anilines is 1. The Morgan fingerprint density at radius 2 is 1.68 bits per heavy atom. The summed E-state index contributed by atoms with van der Waals surface area (Å²) < 4.78 is 7.59. The van der Waals surface area contributed by atoms with Crippen LogP contribution in [0.15, 0.2) is 79.0 Å². The van der Waals surface area contributed by atoms with E-state index in [1.165, 1.54) is 0 Å². The molecule has 0 spiro atoms. The molecule has 5 rings (SSSR count). The Bertz CT molecular complexity index is 1320. The number of pyridine rings is 1. The molecule has 2 aromatic heterocycles. The van der Waals surface area contributed by atoms with Crippen LogP contribution in [0.1, 0.15) is 34.7 Å². The molecule has 0 saturated carbocycles. The molecule has 6 nitrogen and oxygen atoms in total. The number of nitrogens with zero attached hydrogens (tertiary/aromatic N) is 3. The van der Waals surface area contributed by atoms with Gasteiger partial charge in [0.05, 0.1) is 24.9 Å². The second-order valence-corrected chi connectivity index (χ2v) is 8.76. The summed E-state index contributed by atoms with van der Waals surface area (Å²) in [6.07, 6.45) is 1.81. The van der Waals surface area contributed by atoms with E-state index >= 15 is 0 Å². The molecule has 172 valence electrons. The smallest absolute Gasteiger partial charge is 0.174 e. The minimum Gasteiger partial charge on any atom is -0.508 e. The first-order valence-electron chi connectivity index (χ1n) is 11.1. The fourth-order valence-electron chi connectivity index (χ4n) is 4.78. The van der Waals surface area contributed by atoms with E-state index in [4.69, 9.17) is 17.0 Å². The number of ether oxygens (including phenoxy) is 1. The molecule has 3 heterocycles. The lowest BCUT2D eigenvalue weighted by atomic mass is 9.96. The second-order valence-electron chi connectivity index (χ2n) is 8.37. The predicted molar refractivity (Wildman–Crippen MR) is 138 cm³/mol. The van der Waals surface area contributed by atoms with Gasteiger partial charge in [0.25, 0.3) is 0 Å². The van der Waals surface area contributed by atoms with Crippen LogP contribution in [0, 0.1) is 13.8 Å². The number of nitrogens with one attached hydrogen (secondary N) is 1. The van der Waals surface area contributed by atoms with Crippen LogP contribution in [-0.4, -0.2) is 26.9 Å². The molecule has 0 radical (unpaired) electrons. The number of methoxy groups -OCH3 is 1. The number of rotatable bonds is 5. The molecule has 2 aromatic carbocycles. The topological polar surface area (TPSA) is 62.5 Å². The lowest BCUT2D eigenvalue weighted by molar-refractivity contribution is 0.414. The highest BCUT2D eigenvalue weighted by molar-refractivity contribution is 7.80. The fraction of sp³-hybridized carbons (Fsp3) is 0.185. The predicted octanol–water partition coefficient (Wildman–Crippen LogP) is 5.38. The lowest BCUT2D eigenvalue weighted by Gasteiger charge is -2.28. The number of phenols is 1. The minimum atomic E-state index is -0.132. The van der Waals surface area contributed by atoms with E-state index < -0.39 is 0 Å². The van der Waals surface area contributed by atoms with Crippen molar-refractivity contribution in [2.75, 3.05) is 12.0 Å². The van der Waals surface area contributed by atoms with Gasteiger partial charge in [0.1, 0.15) is 11.5 Å². The lowest BCUT2D eigenvalue weighted by Crippen LogP contribution is -2.29. The zero-order valence-corrected chi connectivity index (χ0v) is 20.1. The third-order valence-corrected chi connectivity index (χ3v) is 6.66. The zero-order valence-electron chi connectivity index (χ0n) is 19.3. The van der Waals surface area contributed by atoms with Crippen molar-refractivity contribution < 1.29 is 9.84 Å². The van der Waals surface area contributed by atoms with E-state index in [-0.39, 0.29) is 17.8 Å². The largest absolute Gasteiger partial charge is 0.508 e. The van der Waals surface area contributed by atoms with Gasteiger partial charge < -0.3 is 24.6 Å². The molecule has 1 saturated heterocycles. The Labute approximate surface area is 204 Å². The Hall–Kier alpha value is -3.84. The Kier molecular flexibility index (Phi) is 5.71. The van der Waals surface area contributed by atoms with Crippen molar-refractivity contribution in [3.05, 3.63) is 102 Å². The standard InChI is InChI=1S/C27H26N4O2S/c1-17-16-23(18(2)30(17)19-9-13-22(33-3)14-10-19)26-25(24-6-4-5-15-28-24)29-27(34)31(26)20-7-11-21(32)12-8-20/h4-16,25-26,32H,1-3H3,(H,29,34)/t25-,26+/m0/s1. The van der Waals surface area contributed by atoms with E-state index in [2.05, 4.69) is 51.8 Å². The highest BCUT2D eigenvalue weighted by Gasteiger charge is 2.42. The van der Waals surface area contributed by atoms with E-state index in [0.717, 1.165) is 39.8 Å². The quantitative estimate of drug-likeness (QED) is 0.382. The van der Waals surface area contributed by atoms with Gasteiger partial charge in [-0.25, -0.2) is 0 Å². The molecule has 2 N–H and O–H groups in total. The van der Waals surface area contributed by atoms with Gasteiger partial charge in [-0.05, 0) is 98.4 Å². The van der Waals surface area contributed by atoms with Crippen molar-refractivity contribution in [2.24, 2.45) is 0 Å². The highest BCUT2D eigenvalue weighted by Crippen LogP contribution is 2.44. The number of benzene rings is 2. The summed E-state index contributed by atoms with van der Waals surface area (Å²) in [5.41, 5.74) is 6.31. The molecular weight excluding hydrogens is 444 g/mol. The maximum Gasteiger partial charge on any atom is 0.174 e. The summed E-state index contributed by atoms with van der Waals surface area (Å²) in [5.74, 6) is 1.04. The van der Waals surface area contributed by atoms with Crippen LogP contribution >= 0.6 is 12.2 Å². The molecule has 1 fully saturated rings. The van der Waals surface area contributed by atoms with Crippen LogP contribution in [0.3, 0.4) is 0 Å². The van der Waals surface area contributed by atoms with Crippen LogP contribution in [0.2, 0.25) is 0 Å². The first-order valence-corrected chi connectivity index (χ1v) is 11.5. The fourth-order valence-corrected chi connectivity index (χ4v) is 5.12. The number of hydrogen-bond donors (Lipinski definition) is 2. The van der Waals surface area contributed by atoms with Crippen molar-refractivity contribution in [3.8, 4) is 17.2 Å². The Morgan fingerprint density at radius 3 is 2.32 bits per heavy atom. The summed E-state index contributed by atoms with van der Waals surface area (Å²) in [7, 11) is 1.67. The van der Waals surface area contributed by atoms with Crippen LogP contribution in [0.25, 0.3) is 5.69 Å². The normalized spacial score (nSPS) is 17.6. The number of aromatic nitrogens is 2. The molecule has 0 unspecified atom stereocenters. The summed E-state index contributed by atoms with van der Waals surface area (Å²) >= 11 is 5.82. The van der Waals surface area contributed by atoms with Gasteiger partial charge in [-0.2, -0.15) is 0 Å². The van der Waals surface area contributed by atoms with Crippen molar-refractivity contribution in [2.45, 2.75) is 25.9 Å². The first-order chi connectivity index (χ1) is 16.5. The summed E-state index contributed by atoms with van der Waals surface area (Å²) in [6, 6.07) is 23.1. The first kappa shape index (κ1) is 22.0. The molecule has 0 aliphatic carbocycles. The minimum absolute atomic E-state index is 0.120. The van der Waals surface area contributed by atoms with Gasteiger partial charge in [-0.1, -0.05) is 6.07 Å². The van der Waals surface area contributed by atoms with Crippen molar-refractivity contribution >= 4 is 23.0 Å². The third-order valence-electron chi connectivity index (χ3n) is 6.35. The molecular formula is C27H26N4O2S. The molecule has 1 aliphatic heterocycles. The Balaban J connectivity index is 1.65. The number of hydrogen-bond acceptors (Lipinski definition) is 4. The summed E-state index contributed by atoms with van der Waals surface area (Å²) in [4.78, 5) is 6.76. The number of aromatic hydroxyl groups is 1. The number of aryl methyl sites for hydroxylation is 1. The maximum atomic E-state index is 9.84. The monoisotopic (exact) mass is 470 g/mol.